The third-order valence-corrected chi connectivity index (χ3v) is 6.03. The standard InChI is InChI=1S/C26H44N8O5/c1-16(2)21(25(38)39)34-23(36)19(12-8-14-31-26(29)30)32-24(37)20(15-17-9-4-3-5-10-17)33-22(35)18(28)11-6-7-13-27/h3-5,9-10,16,18-21H,6-8,11-15,27-28H2,1-2H3,(H,32,37)(H,33,35)(H,34,36)(H,38,39)(H4,29,30,31). The van der Waals surface area contributed by atoms with Crippen LogP contribution in [0.3, 0.4) is 0 Å². The number of carboxylic acids is 1. The number of aliphatic carboxylic acids is 1. The fourth-order valence-electron chi connectivity index (χ4n) is 3.79. The summed E-state index contributed by atoms with van der Waals surface area (Å²) in [6, 6.07) is 4.96. The molecule has 13 nitrogen and oxygen atoms in total. The molecule has 4 unspecified atom stereocenters. The molecule has 1 aromatic carbocycles. The highest BCUT2D eigenvalue weighted by atomic mass is 16.4. The second-order valence-electron chi connectivity index (χ2n) is 9.72. The number of hydrogen-bond acceptors (Lipinski definition) is 7. The summed E-state index contributed by atoms with van der Waals surface area (Å²) in [5.74, 6) is -3.48. The van der Waals surface area contributed by atoms with Gasteiger partial charge >= 0.3 is 5.97 Å². The number of rotatable bonds is 18. The summed E-state index contributed by atoms with van der Waals surface area (Å²) in [6.45, 7) is 4.01. The maximum atomic E-state index is 13.4. The van der Waals surface area contributed by atoms with Gasteiger partial charge in [-0.25, -0.2) is 4.79 Å². The molecule has 0 saturated heterocycles. The molecule has 39 heavy (non-hydrogen) atoms. The SMILES string of the molecule is CC(C)C(NC(=O)C(CCCN=C(N)N)NC(=O)C(Cc1ccccc1)NC(=O)C(N)CCCCN)C(=O)O. The van der Waals surface area contributed by atoms with E-state index >= 15 is 0 Å². The van der Waals surface area contributed by atoms with Gasteiger partial charge in [0.2, 0.25) is 17.7 Å². The highest BCUT2D eigenvalue weighted by Gasteiger charge is 2.31. The lowest BCUT2D eigenvalue weighted by atomic mass is 10.0. The topological polar surface area (TPSA) is 241 Å². The lowest BCUT2D eigenvalue weighted by Gasteiger charge is -2.26. The molecule has 0 aliphatic rings. The Balaban J connectivity index is 3.11. The summed E-state index contributed by atoms with van der Waals surface area (Å²) in [5, 5.41) is 17.4. The molecule has 0 bridgehead atoms. The van der Waals surface area contributed by atoms with Crippen molar-refractivity contribution in [2.75, 3.05) is 13.1 Å². The Morgan fingerprint density at radius 1 is 0.872 bits per heavy atom. The Morgan fingerprint density at radius 3 is 2.05 bits per heavy atom. The molecular formula is C26H44N8O5. The van der Waals surface area contributed by atoms with Crippen LogP contribution in [0, 0.1) is 5.92 Å². The van der Waals surface area contributed by atoms with Gasteiger partial charge in [-0.05, 0) is 43.7 Å². The maximum absolute atomic E-state index is 13.4. The van der Waals surface area contributed by atoms with Crippen LogP contribution in [-0.4, -0.2) is 72.0 Å². The minimum absolute atomic E-state index is 0.112. The average molecular weight is 549 g/mol. The van der Waals surface area contributed by atoms with Crippen molar-refractivity contribution in [1.82, 2.24) is 16.0 Å². The predicted octanol–water partition coefficient (Wildman–Crippen LogP) is -1.07. The van der Waals surface area contributed by atoms with E-state index in [0.29, 0.717) is 25.8 Å². The number of carbonyl (C=O) groups excluding carboxylic acids is 3. The number of nitrogens with zero attached hydrogens (tertiary/aromatic N) is 1. The number of nitrogens with one attached hydrogen (secondary N) is 3. The summed E-state index contributed by atoms with van der Waals surface area (Å²) in [7, 11) is 0. The zero-order chi connectivity index (χ0) is 29.4. The first-order chi connectivity index (χ1) is 18.5. The first-order valence-corrected chi connectivity index (χ1v) is 13.1. The van der Waals surface area contributed by atoms with Crippen molar-refractivity contribution in [3.8, 4) is 0 Å². The van der Waals surface area contributed by atoms with Crippen molar-refractivity contribution in [2.24, 2.45) is 33.8 Å². The second kappa shape index (κ2) is 17.7. The van der Waals surface area contributed by atoms with Crippen molar-refractivity contribution in [3.05, 3.63) is 35.9 Å². The highest BCUT2D eigenvalue weighted by Crippen LogP contribution is 2.08. The Bertz CT molecular complexity index is 953. The van der Waals surface area contributed by atoms with E-state index in [0.717, 1.165) is 12.0 Å². The minimum Gasteiger partial charge on any atom is -0.480 e. The molecule has 0 saturated carbocycles. The van der Waals surface area contributed by atoms with Crippen molar-refractivity contribution in [1.29, 1.82) is 0 Å². The third-order valence-electron chi connectivity index (χ3n) is 6.03. The van der Waals surface area contributed by atoms with Gasteiger partial charge in [0.15, 0.2) is 5.96 Å². The zero-order valence-electron chi connectivity index (χ0n) is 22.8. The van der Waals surface area contributed by atoms with E-state index in [4.69, 9.17) is 22.9 Å². The quantitative estimate of drug-likeness (QED) is 0.0632. The lowest BCUT2D eigenvalue weighted by Crippen LogP contribution is -2.58. The molecular weight excluding hydrogens is 504 g/mol. The molecule has 0 radical (unpaired) electrons. The normalized spacial score (nSPS) is 14.0. The largest absolute Gasteiger partial charge is 0.480 e. The summed E-state index contributed by atoms with van der Waals surface area (Å²) in [6.07, 6.45) is 2.41. The molecule has 1 aromatic rings. The van der Waals surface area contributed by atoms with Gasteiger partial charge in [-0.1, -0.05) is 50.6 Å². The van der Waals surface area contributed by atoms with Crippen molar-refractivity contribution >= 4 is 29.7 Å². The summed E-state index contributed by atoms with van der Waals surface area (Å²) >= 11 is 0. The van der Waals surface area contributed by atoms with Gasteiger partial charge in [0, 0.05) is 13.0 Å². The van der Waals surface area contributed by atoms with Gasteiger partial charge < -0.3 is 44.0 Å². The fourth-order valence-corrected chi connectivity index (χ4v) is 3.79. The zero-order valence-corrected chi connectivity index (χ0v) is 22.8. The summed E-state index contributed by atoms with van der Waals surface area (Å²) in [5.41, 5.74) is 23.0. The number of aliphatic imine (C=N–C) groups is 1. The van der Waals surface area contributed by atoms with Crippen LogP contribution in [0.5, 0.6) is 0 Å². The van der Waals surface area contributed by atoms with Crippen LogP contribution in [0.2, 0.25) is 0 Å². The smallest absolute Gasteiger partial charge is 0.326 e. The first-order valence-electron chi connectivity index (χ1n) is 13.1. The number of amides is 3. The van der Waals surface area contributed by atoms with E-state index < -0.39 is 53.8 Å². The molecule has 0 spiro atoms. The summed E-state index contributed by atoms with van der Waals surface area (Å²) in [4.78, 5) is 54.8. The van der Waals surface area contributed by atoms with Gasteiger partial charge in [-0.15, -0.1) is 0 Å². The van der Waals surface area contributed by atoms with E-state index in [1.165, 1.54) is 0 Å². The Labute approximate surface area is 229 Å². The number of hydrogen-bond donors (Lipinski definition) is 8. The Morgan fingerprint density at radius 2 is 1.49 bits per heavy atom. The lowest BCUT2D eigenvalue weighted by molar-refractivity contribution is -0.143. The van der Waals surface area contributed by atoms with Crippen LogP contribution in [-0.2, 0) is 25.6 Å². The number of benzene rings is 1. The molecule has 0 aliphatic heterocycles. The van der Waals surface area contributed by atoms with Gasteiger partial charge in [0.05, 0.1) is 6.04 Å². The van der Waals surface area contributed by atoms with Crippen LogP contribution in [0.1, 0.15) is 51.5 Å². The Kier molecular flexibility index (Phi) is 15.2. The van der Waals surface area contributed by atoms with Gasteiger partial charge in [-0.3, -0.25) is 19.4 Å². The van der Waals surface area contributed by atoms with Gasteiger partial charge in [0.1, 0.15) is 18.1 Å². The Hall–Kier alpha value is -3.71. The number of nitrogens with two attached hydrogens (primary N) is 4. The van der Waals surface area contributed by atoms with Crippen molar-refractivity contribution in [2.45, 2.75) is 76.5 Å². The van der Waals surface area contributed by atoms with E-state index in [2.05, 4.69) is 20.9 Å². The maximum Gasteiger partial charge on any atom is 0.326 e. The molecule has 13 heteroatoms. The molecule has 1 rings (SSSR count). The average Bonchev–Trinajstić information content (AvgIpc) is 2.88. The predicted molar refractivity (Wildman–Crippen MR) is 149 cm³/mol. The number of carboxylic acid groups (broad SMARTS) is 1. The van der Waals surface area contributed by atoms with Gasteiger partial charge in [0.25, 0.3) is 0 Å². The molecule has 0 aromatic heterocycles. The number of unbranched alkanes of at least 4 members (excludes halogenated alkanes) is 1. The molecule has 3 amide bonds. The van der Waals surface area contributed by atoms with Gasteiger partial charge in [-0.2, -0.15) is 0 Å². The van der Waals surface area contributed by atoms with E-state index in [9.17, 15) is 24.3 Å². The van der Waals surface area contributed by atoms with E-state index in [1.54, 1.807) is 13.8 Å². The fraction of sp³-hybridized carbons (Fsp3) is 0.577. The molecule has 0 fully saturated rings. The highest BCUT2D eigenvalue weighted by molar-refractivity contribution is 5.94. The molecule has 4 atom stereocenters. The number of carbonyl (C=O) groups is 4. The minimum atomic E-state index is -1.19. The van der Waals surface area contributed by atoms with Crippen LogP contribution in [0.4, 0.5) is 0 Å². The van der Waals surface area contributed by atoms with E-state index in [1.807, 2.05) is 30.3 Å². The molecule has 0 heterocycles. The summed E-state index contributed by atoms with van der Waals surface area (Å²) < 4.78 is 0. The molecule has 218 valence electrons. The van der Waals surface area contributed by atoms with Crippen LogP contribution in [0.15, 0.2) is 35.3 Å². The molecule has 0 aliphatic carbocycles. The second-order valence-corrected chi connectivity index (χ2v) is 9.72. The van der Waals surface area contributed by atoms with Crippen molar-refractivity contribution in [3.63, 3.8) is 0 Å². The van der Waals surface area contributed by atoms with Crippen LogP contribution >= 0.6 is 0 Å². The molecule has 12 N–H and O–H groups in total. The number of guanidine groups is 1. The first kappa shape index (κ1) is 33.3. The van der Waals surface area contributed by atoms with E-state index in [-0.39, 0.29) is 25.3 Å². The monoisotopic (exact) mass is 548 g/mol. The third kappa shape index (κ3) is 13.1. The van der Waals surface area contributed by atoms with Crippen molar-refractivity contribution < 1.29 is 24.3 Å². The van der Waals surface area contributed by atoms with Crippen LogP contribution in [0.25, 0.3) is 0 Å². The van der Waals surface area contributed by atoms with Crippen LogP contribution < -0.4 is 38.9 Å².